The molecule has 4 heterocycles. The molecule has 0 aliphatic carbocycles. The highest BCUT2D eigenvalue weighted by molar-refractivity contribution is 5.77. The van der Waals surface area contributed by atoms with Crippen LogP contribution in [0.5, 0.6) is 0 Å². The summed E-state index contributed by atoms with van der Waals surface area (Å²) in [6.45, 7) is 3.89. The number of nitrogens with zero attached hydrogens (tertiary/aromatic N) is 3. The Morgan fingerprint density at radius 1 is 1.25 bits per heavy atom. The first kappa shape index (κ1) is 15.1. The molecule has 7 nitrogen and oxygen atoms in total. The Bertz CT molecular complexity index is 718. The van der Waals surface area contributed by atoms with E-state index >= 15 is 0 Å². The molecule has 0 spiro atoms. The van der Waals surface area contributed by atoms with E-state index in [4.69, 9.17) is 0 Å². The van der Waals surface area contributed by atoms with Gasteiger partial charge in [-0.3, -0.25) is 25.2 Å². The van der Waals surface area contributed by atoms with Gasteiger partial charge in [-0.2, -0.15) is 0 Å². The maximum Gasteiger partial charge on any atom is 0.269 e. The standard InChI is InChI=1S/C17H20N4O3/c1-2-14(22)20-16(12-3-5-13(6-4-12)21(23)24)17-15(18-20)11-7-9-19(17)10-8-11/h3-6,16-18H,2,7-10H2,1H3. The number of hydrogen-bond donors (Lipinski definition) is 1. The lowest BCUT2D eigenvalue weighted by Gasteiger charge is -2.42. The second-order valence-corrected chi connectivity index (χ2v) is 6.52. The second-order valence-electron chi connectivity index (χ2n) is 6.52. The maximum absolute atomic E-state index is 12.5. The SMILES string of the molecule is CCC(=O)N1NC2=C3CCN(CC3)C2C1c1ccc([N+](=O)[O-])cc1. The van der Waals surface area contributed by atoms with Gasteiger partial charge in [-0.15, -0.1) is 0 Å². The van der Waals surface area contributed by atoms with Crippen LogP contribution in [0.3, 0.4) is 0 Å². The molecule has 1 N–H and O–H groups in total. The van der Waals surface area contributed by atoms with Crippen LogP contribution in [-0.4, -0.2) is 39.9 Å². The molecule has 24 heavy (non-hydrogen) atoms. The minimum atomic E-state index is -0.398. The van der Waals surface area contributed by atoms with E-state index in [9.17, 15) is 14.9 Å². The zero-order valence-electron chi connectivity index (χ0n) is 13.6. The molecule has 2 saturated heterocycles. The molecule has 7 heteroatoms. The van der Waals surface area contributed by atoms with Crippen molar-refractivity contribution in [3.8, 4) is 0 Å². The van der Waals surface area contributed by atoms with Gasteiger partial charge in [-0.25, -0.2) is 5.01 Å². The third-order valence-corrected chi connectivity index (χ3v) is 5.31. The van der Waals surface area contributed by atoms with Crippen molar-refractivity contribution in [2.75, 3.05) is 13.1 Å². The molecule has 4 aliphatic heterocycles. The van der Waals surface area contributed by atoms with Crippen molar-refractivity contribution in [3.63, 3.8) is 0 Å². The van der Waals surface area contributed by atoms with Gasteiger partial charge in [-0.05, 0) is 36.1 Å². The molecule has 0 radical (unpaired) electrons. The highest BCUT2D eigenvalue weighted by atomic mass is 16.6. The Balaban J connectivity index is 1.76. The van der Waals surface area contributed by atoms with Crippen LogP contribution < -0.4 is 5.43 Å². The van der Waals surface area contributed by atoms with Crippen LogP contribution in [0.1, 0.15) is 37.8 Å². The van der Waals surface area contributed by atoms with E-state index in [1.54, 1.807) is 17.1 Å². The Morgan fingerprint density at radius 3 is 2.50 bits per heavy atom. The van der Waals surface area contributed by atoms with Crippen molar-refractivity contribution < 1.29 is 9.72 Å². The second kappa shape index (κ2) is 5.59. The number of hydrogen-bond acceptors (Lipinski definition) is 5. The third kappa shape index (κ3) is 2.19. The molecule has 0 aromatic heterocycles. The monoisotopic (exact) mass is 328 g/mol. The summed E-state index contributed by atoms with van der Waals surface area (Å²) in [7, 11) is 0. The summed E-state index contributed by atoms with van der Waals surface area (Å²) in [5.41, 5.74) is 6.94. The fraction of sp³-hybridized carbons (Fsp3) is 0.471. The van der Waals surface area contributed by atoms with E-state index in [0.717, 1.165) is 37.2 Å². The topological polar surface area (TPSA) is 78.7 Å². The number of nitrogens with one attached hydrogen (secondary N) is 1. The minimum Gasteiger partial charge on any atom is -0.298 e. The average molecular weight is 328 g/mol. The molecule has 0 saturated carbocycles. The van der Waals surface area contributed by atoms with Crippen LogP contribution >= 0.6 is 0 Å². The predicted octanol–water partition coefficient (Wildman–Crippen LogP) is 2.12. The van der Waals surface area contributed by atoms with Crippen molar-refractivity contribution in [3.05, 3.63) is 51.2 Å². The number of hydrazine groups is 1. The molecule has 2 atom stereocenters. The molecule has 2 unspecified atom stereocenters. The van der Waals surface area contributed by atoms with Gasteiger partial charge in [0.1, 0.15) is 0 Å². The number of nitro benzene ring substituents is 1. The van der Waals surface area contributed by atoms with E-state index < -0.39 is 4.92 Å². The fourth-order valence-electron chi connectivity index (χ4n) is 4.09. The summed E-state index contributed by atoms with van der Waals surface area (Å²) >= 11 is 0. The number of amides is 1. The third-order valence-electron chi connectivity index (χ3n) is 5.31. The van der Waals surface area contributed by atoms with Crippen LogP contribution in [-0.2, 0) is 4.79 Å². The summed E-state index contributed by atoms with van der Waals surface area (Å²) in [5.74, 6) is 0.0430. The molecule has 1 amide bonds. The number of rotatable bonds is 3. The molecular formula is C17H20N4O3. The van der Waals surface area contributed by atoms with Crippen molar-refractivity contribution >= 4 is 11.6 Å². The van der Waals surface area contributed by atoms with Gasteiger partial charge in [0.25, 0.3) is 5.69 Å². The van der Waals surface area contributed by atoms with Crippen molar-refractivity contribution in [1.29, 1.82) is 0 Å². The quantitative estimate of drug-likeness (QED) is 0.679. The van der Waals surface area contributed by atoms with Gasteiger partial charge in [0.15, 0.2) is 0 Å². The maximum atomic E-state index is 12.5. The summed E-state index contributed by atoms with van der Waals surface area (Å²) in [6, 6.07) is 6.59. The van der Waals surface area contributed by atoms with Gasteiger partial charge in [-0.1, -0.05) is 6.92 Å². The van der Waals surface area contributed by atoms with Gasteiger partial charge >= 0.3 is 0 Å². The van der Waals surface area contributed by atoms with Crippen LogP contribution in [0.4, 0.5) is 5.69 Å². The van der Waals surface area contributed by atoms with E-state index in [1.807, 2.05) is 6.92 Å². The number of benzene rings is 1. The van der Waals surface area contributed by atoms with Gasteiger partial charge in [0, 0.05) is 31.6 Å². The fourth-order valence-corrected chi connectivity index (χ4v) is 4.09. The summed E-state index contributed by atoms with van der Waals surface area (Å²) in [6.07, 6.45) is 2.53. The zero-order valence-corrected chi connectivity index (χ0v) is 13.6. The van der Waals surface area contributed by atoms with Crippen molar-refractivity contribution in [2.24, 2.45) is 0 Å². The average Bonchev–Trinajstić information content (AvgIpc) is 3.04. The summed E-state index contributed by atoms with van der Waals surface area (Å²) in [4.78, 5) is 25.4. The molecule has 2 fully saturated rings. The molecule has 4 aliphatic rings. The molecule has 5 rings (SSSR count). The van der Waals surface area contributed by atoms with Crippen LogP contribution in [0.2, 0.25) is 0 Å². The van der Waals surface area contributed by atoms with Crippen LogP contribution in [0, 0.1) is 10.1 Å². The van der Waals surface area contributed by atoms with Gasteiger partial charge < -0.3 is 0 Å². The first-order valence-electron chi connectivity index (χ1n) is 8.39. The largest absolute Gasteiger partial charge is 0.298 e. The Hall–Kier alpha value is -2.41. The van der Waals surface area contributed by atoms with E-state index in [2.05, 4.69) is 10.3 Å². The molecule has 126 valence electrons. The molecule has 2 bridgehead atoms. The normalized spacial score (nSPS) is 27.9. The number of piperidine rings is 1. The number of carbonyl (C=O) groups excluding carboxylic acids is 1. The van der Waals surface area contributed by atoms with E-state index in [0.29, 0.717) is 6.42 Å². The number of non-ortho nitro benzene ring substituents is 1. The molecular weight excluding hydrogens is 308 g/mol. The summed E-state index contributed by atoms with van der Waals surface area (Å²) in [5, 5.41) is 12.6. The number of nitro groups is 1. The highest BCUT2D eigenvalue weighted by Crippen LogP contribution is 2.44. The zero-order chi connectivity index (χ0) is 16.8. The van der Waals surface area contributed by atoms with Crippen molar-refractivity contribution in [1.82, 2.24) is 15.3 Å². The predicted molar refractivity (Wildman–Crippen MR) is 87.7 cm³/mol. The minimum absolute atomic E-state index is 0.0430. The van der Waals surface area contributed by atoms with E-state index in [-0.39, 0.29) is 23.7 Å². The first-order valence-corrected chi connectivity index (χ1v) is 8.39. The Kier molecular flexibility index (Phi) is 3.53. The van der Waals surface area contributed by atoms with Gasteiger partial charge in [0.05, 0.1) is 22.7 Å². The lowest BCUT2D eigenvalue weighted by molar-refractivity contribution is -0.384. The number of fused-ring (bicyclic) bond motifs is 2. The first-order chi connectivity index (χ1) is 11.6. The van der Waals surface area contributed by atoms with Crippen LogP contribution in [0.15, 0.2) is 35.5 Å². The lowest BCUT2D eigenvalue weighted by Crippen LogP contribution is -2.48. The van der Waals surface area contributed by atoms with Gasteiger partial charge in [0.2, 0.25) is 5.91 Å². The molecule has 1 aromatic rings. The molecule has 1 aromatic carbocycles. The van der Waals surface area contributed by atoms with E-state index in [1.165, 1.54) is 17.7 Å². The van der Waals surface area contributed by atoms with Crippen molar-refractivity contribution in [2.45, 2.75) is 38.3 Å². The Morgan fingerprint density at radius 2 is 1.92 bits per heavy atom. The van der Waals surface area contributed by atoms with Crippen LogP contribution in [0.25, 0.3) is 0 Å². The lowest BCUT2D eigenvalue weighted by atomic mass is 9.86. The highest BCUT2D eigenvalue weighted by Gasteiger charge is 2.48. The summed E-state index contributed by atoms with van der Waals surface area (Å²) < 4.78 is 0. The number of carbonyl (C=O) groups is 1. The Labute approximate surface area is 140 Å². The smallest absolute Gasteiger partial charge is 0.269 e.